The smallest absolute Gasteiger partial charge is 0.138 e. The van der Waals surface area contributed by atoms with Crippen molar-refractivity contribution >= 4 is 0 Å². The van der Waals surface area contributed by atoms with Gasteiger partial charge in [-0.1, -0.05) is 31.2 Å². The molecule has 0 saturated heterocycles. The fraction of sp³-hybridized carbons (Fsp3) is 0.500. The van der Waals surface area contributed by atoms with Crippen molar-refractivity contribution in [2.45, 2.75) is 39.3 Å². The van der Waals surface area contributed by atoms with E-state index in [4.69, 9.17) is 0 Å². The molecule has 0 saturated carbocycles. The molecule has 106 valence electrons. The van der Waals surface area contributed by atoms with Crippen LogP contribution in [0.15, 0.2) is 30.6 Å². The van der Waals surface area contributed by atoms with Crippen LogP contribution < -0.4 is 5.32 Å². The molecule has 1 N–H and O–H groups in total. The van der Waals surface area contributed by atoms with E-state index >= 15 is 0 Å². The first-order valence-electron chi connectivity index (χ1n) is 7.51. The lowest BCUT2D eigenvalue weighted by atomic mass is 9.96. The van der Waals surface area contributed by atoms with E-state index in [1.165, 1.54) is 11.1 Å². The molecule has 2 atom stereocenters. The topological polar surface area (TPSA) is 42.7 Å². The molecule has 1 heterocycles. The largest absolute Gasteiger partial charge is 0.310 e. The summed E-state index contributed by atoms with van der Waals surface area (Å²) in [5, 5.41) is 7.93. The Labute approximate surface area is 120 Å². The van der Waals surface area contributed by atoms with Crippen LogP contribution in [-0.2, 0) is 19.4 Å². The monoisotopic (exact) mass is 270 g/mol. The van der Waals surface area contributed by atoms with E-state index in [2.05, 4.69) is 53.5 Å². The number of nitrogens with one attached hydrogen (secondary N) is 1. The van der Waals surface area contributed by atoms with Crippen LogP contribution in [0.25, 0.3) is 0 Å². The minimum Gasteiger partial charge on any atom is -0.310 e. The molecule has 0 amide bonds. The Morgan fingerprint density at radius 3 is 2.95 bits per heavy atom. The Morgan fingerprint density at radius 2 is 2.15 bits per heavy atom. The SMILES string of the molecule is CCNC1c2ccccc2CC1Cc1ncnn1CC. The van der Waals surface area contributed by atoms with Crippen LogP contribution in [0.2, 0.25) is 0 Å². The summed E-state index contributed by atoms with van der Waals surface area (Å²) in [6, 6.07) is 9.23. The maximum absolute atomic E-state index is 4.43. The number of benzene rings is 1. The molecule has 1 aliphatic rings. The molecule has 4 nitrogen and oxygen atoms in total. The maximum Gasteiger partial charge on any atom is 0.138 e. The average Bonchev–Trinajstić information content (AvgIpc) is 3.05. The summed E-state index contributed by atoms with van der Waals surface area (Å²) in [7, 11) is 0. The number of hydrogen-bond acceptors (Lipinski definition) is 3. The number of aryl methyl sites for hydroxylation is 1. The van der Waals surface area contributed by atoms with Gasteiger partial charge in [0, 0.05) is 19.0 Å². The fourth-order valence-electron chi connectivity index (χ4n) is 3.31. The van der Waals surface area contributed by atoms with Gasteiger partial charge in [0.05, 0.1) is 0 Å². The van der Waals surface area contributed by atoms with Crippen LogP contribution in [0, 0.1) is 5.92 Å². The van der Waals surface area contributed by atoms with Crippen molar-refractivity contribution in [3.63, 3.8) is 0 Å². The van der Waals surface area contributed by atoms with Crippen molar-refractivity contribution in [2.24, 2.45) is 5.92 Å². The summed E-state index contributed by atoms with van der Waals surface area (Å²) in [5.41, 5.74) is 2.94. The van der Waals surface area contributed by atoms with Gasteiger partial charge in [0.15, 0.2) is 0 Å². The van der Waals surface area contributed by atoms with Crippen LogP contribution >= 0.6 is 0 Å². The summed E-state index contributed by atoms with van der Waals surface area (Å²) in [4.78, 5) is 4.43. The summed E-state index contributed by atoms with van der Waals surface area (Å²) in [5.74, 6) is 1.68. The van der Waals surface area contributed by atoms with E-state index in [9.17, 15) is 0 Å². The molecular weight excluding hydrogens is 248 g/mol. The molecule has 0 radical (unpaired) electrons. The van der Waals surface area contributed by atoms with Crippen molar-refractivity contribution in [2.75, 3.05) is 6.54 Å². The lowest BCUT2D eigenvalue weighted by molar-refractivity contribution is 0.380. The van der Waals surface area contributed by atoms with Crippen LogP contribution in [0.1, 0.15) is 36.8 Å². The zero-order valence-corrected chi connectivity index (χ0v) is 12.2. The van der Waals surface area contributed by atoms with E-state index in [1.54, 1.807) is 6.33 Å². The second-order valence-corrected chi connectivity index (χ2v) is 5.39. The number of fused-ring (bicyclic) bond motifs is 1. The van der Waals surface area contributed by atoms with Crippen LogP contribution in [0.5, 0.6) is 0 Å². The first-order chi connectivity index (χ1) is 9.83. The van der Waals surface area contributed by atoms with Crippen molar-refractivity contribution in [1.82, 2.24) is 20.1 Å². The Kier molecular flexibility index (Phi) is 3.83. The van der Waals surface area contributed by atoms with E-state index in [-0.39, 0.29) is 0 Å². The fourth-order valence-corrected chi connectivity index (χ4v) is 3.31. The molecule has 4 heteroatoms. The van der Waals surface area contributed by atoms with Crippen LogP contribution in [0.4, 0.5) is 0 Å². The Balaban J connectivity index is 1.83. The van der Waals surface area contributed by atoms with E-state index in [0.717, 1.165) is 31.8 Å². The molecule has 2 aromatic rings. The summed E-state index contributed by atoms with van der Waals surface area (Å²) in [6.45, 7) is 6.17. The molecule has 20 heavy (non-hydrogen) atoms. The normalized spacial score (nSPS) is 21.1. The maximum atomic E-state index is 4.43. The molecule has 1 aromatic carbocycles. The highest BCUT2D eigenvalue weighted by Gasteiger charge is 2.32. The second-order valence-electron chi connectivity index (χ2n) is 5.39. The third-order valence-corrected chi connectivity index (χ3v) is 4.21. The highest BCUT2D eigenvalue weighted by atomic mass is 15.3. The van der Waals surface area contributed by atoms with Gasteiger partial charge < -0.3 is 5.32 Å². The Bertz CT molecular complexity index is 575. The lowest BCUT2D eigenvalue weighted by Gasteiger charge is -2.21. The van der Waals surface area contributed by atoms with Gasteiger partial charge in [-0.15, -0.1) is 0 Å². The van der Waals surface area contributed by atoms with Crippen molar-refractivity contribution < 1.29 is 0 Å². The van der Waals surface area contributed by atoms with Crippen molar-refractivity contribution in [3.8, 4) is 0 Å². The van der Waals surface area contributed by atoms with E-state index < -0.39 is 0 Å². The van der Waals surface area contributed by atoms with Crippen molar-refractivity contribution in [1.29, 1.82) is 0 Å². The number of aromatic nitrogens is 3. The predicted molar refractivity (Wildman–Crippen MR) is 79.5 cm³/mol. The lowest BCUT2D eigenvalue weighted by Crippen LogP contribution is -2.27. The molecule has 0 aliphatic heterocycles. The third-order valence-electron chi connectivity index (χ3n) is 4.21. The molecule has 2 unspecified atom stereocenters. The molecule has 1 aromatic heterocycles. The van der Waals surface area contributed by atoms with Gasteiger partial charge in [0.1, 0.15) is 12.2 Å². The van der Waals surface area contributed by atoms with E-state index in [0.29, 0.717) is 12.0 Å². The standard InChI is InChI=1S/C16H22N4/c1-3-17-16-13(9-12-7-5-6-8-14(12)16)10-15-18-11-19-20(15)4-2/h5-8,11,13,16-17H,3-4,9-10H2,1-2H3. The molecule has 1 aliphatic carbocycles. The minimum atomic E-state index is 0.443. The van der Waals surface area contributed by atoms with Gasteiger partial charge in [-0.25, -0.2) is 4.98 Å². The predicted octanol–water partition coefficient (Wildman–Crippen LogP) is 2.36. The molecule has 0 bridgehead atoms. The molecular formula is C16H22N4. The van der Waals surface area contributed by atoms with Gasteiger partial charge in [-0.2, -0.15) is 5.10 Å². The summed E-state index contributed by atoms with van der Waals surface area (Å²) in [6.07, 6.45) is 3.79. The third kappa shape index (κ3) is 2.36. The Morgan fingerprint density at radius 1 is 1.30 bits per heavy atom. The zero-order valence-electron chi connectivity index (χ0n) is 12.2. The van der Waals surface area contributed by atoms with Crippen LogP contribution in [-0.4, -0.2) is 21.3 Å². The van der Waals surface area contributed by atoms with Gasteiger partial charge in [-0.3, -0.25) is 4.68 Å². The zero-order chi connectivity index (χ0) is 13.9. The molecule has 0 spiro atoms. The summed E-state index contributed by atoms with van der Waals surface area (Å²) < 4.78 is 2.01. The highest BCUT2D eigenvalue weighted by Crippen LogP contribution is 2.37. The number of hydrogen-bond donors (Lipinski definition) is 1. The molecule has 0 fully saturated rings. The first-order valence-corrected chi connectivity index (χ1v) is 7.51. The van der Waals surface area contributed by atoms with Gasteiger partial charge in [0.25, 0.3) is 0 Å². The van der Waals surface area contributed by atoms with E-state index in [1.807, 2.05) is 4.68 Å². The van der Waals surface area contributed by atoms with Gasteiger partial charge >= 0.3 is 0 Å². The first kappa shape index (κ1) is 13.3. The average molecular weight is 270 g/mol. The number of rotatable bonds is 5. The number of nitrogens with zero attached hydrogens (tertiary/aromatic N) is 3. The van der Waals surface area contributed by atoms with Crippen molar-refractivity contribution in [3.05, 3.63) is 47.5 Å². The minimum absolute atomic E-state index is 0.443. The van der Waals surface area contributed by atoms with Gasteiger partial charge in [0.2, 0.25) is 0 Å². The summed E-state index contributed by atoms with van der Waals surface area (Å²) >= 11 is 0. The highest BCUT2D eigenvalue weighted by molar-refractivity contribution is 5.36. The quantitative estimate of drug-likeness (QED) is 0.907. The second kappa shape index (κ2) is 5.75. The molecule has 3 rings (SSSR count). The van der Waals surface area contributed by atoms with Gasteiger partial charge in [-0.05, 0) is 36.9 Å². The van der Waals surface area contributed by atoms with Crippen LogP contribution in [0.3, 0.4) is 0 Å². The Hall–Kier alpha value is -1.68.